The lowest BCUT2D eigenvalue weighted by Gasteiger charge is -2.46. The van der Waals surface area contributed by atoms with Gasteiger partial charge < -0.3 is 18.9 Å². The molecule has 128 valence electrons. The molecule has 3 aromatic carbocycles. The molecule has 0 spiro atoms. The molecule has 2 atom stereocenters. The second-order valence-electron chi connectivity index (χ2n) is 6.86. The van der Waals surface area contributed by atoms with Crippen LogP contribution >= 0.6 is 0 Å². The summed E-state index contributed by atoms with van der Waals surface area (Å²) in [5.74, 6) is 2.52. The van der Waals surface area contributed by atoms with Gasteiger partial charge >= 0.3 is 0 Å². The van der Waals surface area contributed by atoms with E-state index in [1.165, 1.54) is 5.56 Å². The quantitative estimate of drug-likeness (QED) is 0.648. The van der Waals surface area contributed by atoms with E-state index in [0.29, 0.717) is 0 Å². The van der Waals surface area contributed by atoms with Crippen molar-refractivity contribution in [2.24, 2.45) is 0 Å². The summed E-state index contributed by atoms with van der Waals surface area (Å²) in [4.78, 5) is 0. The van der Waals surface area contributed by atoms with Gasteiger partial charge in [-0.2, -0.15) is 0 Å². The maximum absolute atomic E-state index is 6.50. The maximum Gasteiger partial charge on any atom is 0.278 e. The minimum Gasteiger partial charge on any atom is -0.454 e. The van der Waals surface area contributed by atoms with E-state index in [-0.39, 0.29) is 12.7 Å². The molecule has 3 heterocycles. The van der Waals surface area contributed by atoms with Gasteiger partial charge in [-0.1, -0.05) is 48.5 Å². The number of hydrogen-bond acceptors (Lipinski definition) is 4. The summed E-state index contributed by atoms with van der Waals surface area (Å²) < 4.78 is 24.1. The highest BCUT2D eigenvalue weighted by Crippen LogP contribution is 2.56. The Morgan fingerprint density at radius 1 is 0.692 bits per heavy atom. The zero-order valence-corrected chi connectivity index (χ0v) is 14.0. The number of para-hydroxylation sites is 1. The minimum atomic E-state index is -0.832. The summed E-state index contributed by atoms with van der Waals surface area (Å²) in [7, 11) is 0. The molecule has 0 saturated heterocycles. The van der Waals surface area contributed by atoms with Crippen molar-refractivity contribution in [1.29, 1.82) is 0 Å². The lowest BCUT2D eigenvalue weighted by atomic mass is 9.78. The van der Waals surface area contributed by atoms with Crippen molar-refractivity contribution in [2.45, 2.75) is 18.1 Å². The molecule has 3 aliphatic rings. The van der Waals surface area contributed by atoms with Crippen LogP contribution < -0.4 is 18.9 Å². The van der Waals surface area contributed by atoms with Crippen LogP contribution in [0, 0.1) is 0 Å². The summed E-state index contributed by atoms with van der Waals surface area (Å²) in [6.07, 6.45) is 0.723. The van der Waals surface area contributed by atoms with Crippen LogP contribution in [0.2, 0.25) is 0 Å². The molecular formula is C22H16O4. The van der Waals surface area contributed by atoms with E-state index < -0.39 is 5.79 Å². The van der Waals surface area contributed by atoms with Crippen LogP contribution in [-0.4, -0.2) is 6.79 Å². The van der Waals surface area contributed by atoms with Crippen molar-refractivity contribution < 1.29 is 18.9 Å². The fourth-order valence-electron chi connectivity index (χ4n) is 4.20. The first-order valence-electron chi connectivity index (χ1n) is 8.78. The topological polar surface area (TPSA) is 36.9 Å². The normalized spacial score (nSPS) is 24.1. The van der Waals surface area contributed by atoms with Gasteiger partial charge in [0.15, 0.2) is 11.5 Å². The Labute approximate surface area is 150 Å². The van der Waals surface area contributed by atoms with Crippen LogP contribution in [0.4, 0.5) is 0 Å². The minimum absolute atomic E-state index is 0.179. The zero-order chi connectivity index (χ0) is 17.1. The number of ether oxygens (including phenoxy) is 4. The highest BCUT2D eigenvalue weighted by Gasteiger charge is 2.50. The van der Waals surface area contributed by atoms with E-state index in [1.54, 1.807) is 0 Å². The fourth-order valence-corrected chi connectivity index (χ4v) is 4.20. The van der Waals surface area contributed by atoms with Gasteiger partial charge in [0, 0.05) is 35.1 Å². The van der Waals surface area contributed by atoms with Crippen molar-refractivity contribution in [3.05, 3.63) is 83.4 Å². The Balaban J connectivity index is 1.60. The van der Waals surface area contributed by atoms with Gasteiger partial charge in [0.2, 0.25) is 6.79 Å². The second-order valence-corrected chi connectivity index (χ2v) is 6.86. The molecule has 3 aliphatic heterocycles. The third-order valence-corrected chi connectivity index (χ3v) is 5.41. The third-order valence-electron chi connectivity index (χ3n) is 5.41. The van der Waals surface area contributed by atoms with E-state index in [2.05, 4.69) is 30.3 Å². The summed E-state index contributed by atoms with van der Waals surface area (Å²) >= 11 is 0. The molecular weight excluding hydrogens is 328 g/mol. The van der Waals surface area contributed by atoms with Crippen molar-refractivity contribution in [3.63, 3.8) is 0 Å². The van der Waals surface area contributed by atoms with Gasteiger partial charge in [-0.05, 0) is 12.1 Å². The molecule has 0 aromatic heterocycles. The average molecular weight is 344 g/mol. The van der Waals surface area contributed by atoms with Crippen molar-refractivity contribution in [1.82, 2.24) is 0 Å². The van der Waals surface area contributed by atoms with E-state index in [4.69, 9.17) is 18.9 Å². The Kier molecular flexibility index (Phi) is 2.68. The number of hydrogen-bond donors (Lipinski definition) is 0. The SMILES string of the molecule is c1ccc([C@]23C[C@H](c4ccccc4O2)c2cc4c(cc2O3)OCO4)cc1. The number of rotatable bonds is 1. The summed E-state index contributed by atoms with van der Waals surface area (Å²) in [6.45, 7) is 0.250. The monoisotopic (exact) mass is 344 g/mol. The molecule has 6 rings (SSSR count). The largest absolute Gasteiger partial charge is 0.454 e. The van der Waals surface area contributed by atoms with Crippen LogP contribution in [0.15, 0.2) is 66.7 Å². The van der Waals surface area contributed by atoms with Crippen LogP contribution in [0.25, 0.3) is 0 Å². The Morgan fingerprint density at radius 3 is 2.31 bits per heavy atom. The standard InChI is InChI=1S/C22H16O4/c1-2-6-14(7-3-1)22-12-17(15-8-4-5-9-18(15)25-22)16-10-20-21(24-13-23-20)11-19(16)26-22/h1-11,17H,12-13H2/t17-,22-/m1/s1. The molecule has 0 N–H and O–H groups in total. The highest BCUT2D eigenvalue weighted by atomic mass is 16.7. The van der Waals surface area contributed by atoms with Crippen LogP contribution in [-0.2, 0) is 5.79 Å². The highest BCUT2D eigenvalue weighted by molar-refractivity contribution is 5.59. The second kappa shape index (κ2) is 4.94. The lowest BCUT2D eigenvalue weighted by molar-refractivity contribution is -0.148. The van der Waals surface area contributed by atoms with Gasteiger partial charge in [0.1, 0.15) is 11.5 Å². The molecule has 2 bridgehead atoms. The predicted octanol–water partition coefficient (Wildman–Crippen LogP) is 4.58. The number of fused-ring (bicyclic) bond motifs is 7. The zero-order valence-electron chi connectivity index (χ0n) is 14.0. The Bertz CT molecular complexity index is 1010. The summed E-state index contributed by atoms with van der Waals surface area (Å²) in [5, 5.41) is 0. The predicted molar refractivity (Wildman–Crippen MR) is 94.8 cm³/mol. The molecule has 0 unspecified atom stereocenters. The molecule has 3 aromatic rings. The van der Waals surface area contributed by atoms with Crippen LogP contribution in [0.1, 0.15) is 29.0 Å². The van der Waals surface area contributed by atoms with E-state index in [0.717, 1.165) is 40.5 Å². The first-order chi connectivity index (χ1) is 12.8. The maximum atomic E-state index is 6.50. The van der Waals surface area contributed by atoms with Crippen molar-refractivity contribution >= 4 is 0 Å². The molecule has 26 heavy (non-hydrogen) atoms. The Morgan fingerprint density at radius 2 is 1.42 bits per heavy atom. The molecule has 4 heteroatoms. The summed E-state index contributed by atoms with van der Waals surface area (Å²) in [5.41, 5.74) is 3.32. The van der Waals surface area contributed by atoms with E-state index in [9.17, 15) is 0 Å². The molecule has 0 radical (unpaired) electrons. The summed E-state index contributed by atoms with van der Waals surface area (Å²) in [6, 6.07) is 22.3. The third kappa shape index (κ3) is 1.84. The molecule has 0 fully saturated rings. The first kappa shape index (κ1) is 14.1. The van der Waals surface area contributed by atoms with Crippen molar-refractivity contribution in [2.75, 3.05) is 6.79 Å². The number of benzene rings is 3. The van der Waals surface area contributed by atoms with Gasteiger partial charge in [-0.3, -0.25) is 0 Å². The Hall–Kier alpha value is -3.14. The van der Waals surface area contributed by atoms with Gasteiger partial charge in [0.25, 0.3) is 5.79 Å². The lowest BCUT2D eigenvalue weighted by Crippen LogP contribution is -2.46. The van der Waals surface area contributed by atoms with E-state index >= 15 is 0 Å². The first-order valence-corrected chi connectivity index (χ1v) is 8.78. The van der Waals surface area contributed by atoms with Gasteiger partial charge in [0.05, 0.1) is 0 Å². The fraction of sp³-hybridized carbons (Fsp3) is 0.182. The van der Waals surface area contributed by atoms with Gasteiger partial charge in [-0.15, -0.1) is 0 Å². The molecule has 0 saturated carbocycles. The molecule has 4 nitrogen and oxygen atoms in total. The van der Waals surface area contributed by atoms with Crippen LogP contribution in [0.5, 0.6) is 23.0 Å². The molecule has 0 amide bonds. The van der Waals surface area contributed by atoms with E-state index in [1.807, 2.05) is 36.4 Å². The van der Waals surface area contributed by atoms with Crippen molar-refractivity contribution in [3.8, 4) is 23.0 Å². The average Bonchev–Trinajstić information content (AvgIpc) is 3.14. The van der Waals surface area contributed by atoms with Crippen LogP contribution in [0.3, 0.4) is 0 Å². The van der Waals surface area contributed by atoms with Gasteiger partial charge in [-0.25, -0.2) is 0 Å². The smallest absolute Gasteiger partial charge is 0.278 e. The molecule has 0 aliphatic carbocycles.